The Labute approximate surface area is 277 Å². The second-order valence-corrected chi connectivity index (χ2v) is 12.5. The molecule has 2 nitrogen and oxygen atoms in total. The van der Waals surface area contributed by atoms with Crippen molar-refractivity contribution in [3.63, 3.8) is 0 Å². The normalized spacial score (nSPS) is 11.8. The molecule has 0 amide bonds. The lowest BCUT2D eigenvalue weighted by Crippen LogP contribution is -2.09. The van der Waals surface area contributed by atoms with E-state index in [9.17, 15) is 0 Å². The number of para-hydroxylation sites is 2. The van der Waals surface area contributed by atoms with Crippen molar-refractivity contribution in [2.75, 3.05) is 4.90 Å². The van der Waals surface area contributed by atoms with Gasteiger partial charge in [-0.25, -0.2) is 0 Å². The van der Waals surface area contributed by atoms with Crippen LogP contribution in [0.15, 0.2) is 180 Å². The maximum Gasteiger partial charge on any atom is 0.143 e. The molecule has 0 bridgehead atoms. The highest BCUT2D eigenvalue weighted by Crippen LogP contribution is 2.47. The molecule has 1 aromatic heterocycles. The summed E-state index contributed by atoms with van der Waals surface area (Å²) in [6, 6.07) is 63.1. The van der Waals surface area contributed by atoms with Gasteiger partial charge in [-0.15, -0.1) is 0 Å². The molecule has 48 heavy (non-hydrogen) atoms. The molecule has 2 heteroatoms. The largest absolute Gasteiger partial charge is 0.455 e. The molecule has 1 heterocycles. The van der Waals surface area contributed by atoms with Crippen LogP contribution in [0.1, 0.15) is 0 Å². The second-order valence-electron chi connectivity index (χ2n) is 12.5. The van der Waals surface area contributed by atoms with Crippen molar-refractivity contribution in [1.82, 2.24) is 0 Å². The number of furan rings is 1. The summed E-state index contributed by atoms with van der Waals surface area (Å²) in [5.41, 5.74) is 7.32. The van der Waals surface area contributed by atoms with Gasteiger partial charge in [-0.05, 0) is 97.2 Å². The molecule has 0 aliphatic carbocycles. The standard InChI is InChI=1S/C46H29NO/c1-3-15-32(16-4-1)47(33-17-5-2-6-18-33)42-24-13-25-43-45(42)41-28-30-14-7-8-19-34(30)44(46(41)48-43)31-26-27-39-37-22-10-9-20-35(37)36-21-11-12-23-38(36)40(39)29-31/h1-29H. The summed E-state index contributed by atoms with van der Waals surface area (Å²) in [6.45, 7) is 0. The van der Waals surface area contributed by atoms with Crippen molar-refractivity contribution in [2.45, 2.75) is 0 Å². The van der Waals surface area contributed by atoms with Gasteiger partial charge in [0.05, 0.1) is 11.1 Å². The monoisotopic (exact) mass is 611 g/mol. The Kier molecular flexibility index (Phi) is 5.91. The van der Waals surface area contributed by atoms with Crippen LogP contribution >= 0.6 is 0 Å². The van der Waals surface area contributed by atoms with Crippen molar-refractivity contribution in [3.05, 3.63) is 176 Å². The Morgan fingerprint density at radius 2 is 0.917 bits per heavy atom. The van der Waals surface area contributed by atoms with Crippen molar-refractivity contribution in [2.24, 2.45) is 0 Å². The van der Waals surface area contributed by atoms with Gasteiger partial charge in [0.25, 0.3) is 0 Å². The first kappa shape index (κ1) is 26.8. The smallest absolute Gasteiger partial charge is 0.143 e. The first-order valence-electron chi connectivity index (χ1n) is 16.4. The van der Waals surface area contributed by atoms with E-state index in [2.05, 4.69) is 181 Å². The molecule has 10 rings (SSSR count). The summed E-state index contributed by atoms with van der Waals surface area (Å²) in [5.74, 6) is 0. The fourth-order valence-corrected chi connectivity index (χ4v) is 7.72. The molecule has 9 aromatic carbocycles. The Morgan fingerprint density at radius 1 is 0.375 bits per heavy atom. The number of hydrogen-bond donors (Lipinski definition) is 0. The van der Waals surface area contributed by atoms with E-state index >= 15 is 0 Å². The molecule has 0 saturated carbocycles. The lowest BCUT2D eigenvalue weighted by molar-refractivity contribution is 0.670. The minimum absolute atomic E-state index is 0.869. The summed E-state index contributed by atoms with van der Waals surface area (Å²) in [5, 5.41) is 12.2. The van der Waals surface area contributed by atoms with E-state index in [-0.39, 0.29) is 0 Å². The van der Waals surface area contributed by atoms with E-state index in [0.717, 1.165) is 50.1 Å². The lowest BCUT2D eigenvalue weighted by Gasteiger charge is -2.26. The maximum atomic E-state index is 6.95. The zero-order valence-electron chi connectivity index (χ0n) is 26.1. The molecule has 0 radical (unpaired) electrons. The number of benzene rings is 9. The van der Waals surface area contributed by atoms with Crippen molar-refractivity contribution < 1.29 is 4.42 Å². The molecule has 0 unspecified atom stereocenters. The van der Waals surface area contributed by atoms with Crippen molar-refractivity contribution in [3.8, 4) is 11.1 Å². The van der Waals surface area contributed by atoms with Crippen LogP contribution in [0.5, 0.6) is 0 Å². The third-order valence-corrected chi connectivity index (χ3v) is 9.79. The van der Waals surface area contributed by atoms with Crippen LogP contribution in [0.3, 0.4) is 0 Å². The highest BCUT2D eigenvalue weighted by Gasteiger charge is 2.22. The van der Waals surface area contributed by atoms with Gasteiger partial charge in [0.1, 0.15) is 11.2 Å². The first-order chi connectivity index (χ1) is 23.8. The molecule has 224 valence electrons. The third-order valence-electron chi connectivity index (χ3n) is 9.79. The van der Waals surface area contributed by atoms with Crippen molar-refractivity contribution in [1.29, 1.82) is 0 Å². The number of anilines is 3. The minimum atomic E-state index is 0.869. The molecule has 0 aliphatic heterocycles. The van der Waals surface area contributed by atoms with E-state index in [1.165, 1.54) is 43.1 Å². The van der Waals surface area contributed by atoms with Crippen LogP contribution in [0.2, 0.25) is 0 Å². The van der Waals surface area contributed by atoms with Gasteiger partial charge in [0, 0.05) is 22.3 Å². The van der Waals surface area contributed by atoms with E-state index in [0.29, 0.717) is 0 Å². The summed E-state index contributed by atoms with van der Waals surface area (Å²) >= 11 is 0. The third kappa shape index (κ3) is 4.00. The minimum Gasteiger partial charge on any atom is -0.455 e. The summed E-state index contributed by atoms with van der Waals surface area (Å²) in [6.07, 6.45) is 0. The van der Waals surface area contributed by atoms with Crippen LogP contribution in [-0.2, 0) is 0 Å². The van der Waals surface area contributed by atoms with Gasteiger partial charge in [-0.3, -0.25) is 0 Å². The second kappa shape index (κ2) is 10.6. The molecule has 0 aliphatic rings. The predicted molar refractivity (Wildman–Crippen MR) is 204 cm³/mol. The Balaban J connectivity index is 1.31. The molecule has 0 fully saturated rings. The van der Waals surface area contributed by atoms with Crippen LogP contribution in [0.25, 0.3) is 76.2 Å². The summed E-state index contributed by atoms with van der Waals surface area (Å²) in [7, 11) is 0. The lowest BCUT2D eigenvalue weighted by atomic mass is 9.90. The van der Waals surface area contributed by atoms with Gasteiger partial charge in [-0.1, -0.05) is 127 Å². The molecule has 10 aromatic rings. The van der Waals surface area contributed by atoms with Gasteiger partial charge in [-0.2, -0.15) is 0 Å². The summed E-state index contributed by atoms with van der Waals surface area (Å²) in [4.78, 5) is 2.33. The quantitative estimate of drug-likeness (QED) is 0.184. The fourth-order valence-electron chi connectivity index (χ4n) is 7.72. The average molecular weight is 612 g/mol. The van der Waals surface area contributed by atoms with E-state index in [4.69, 9.17) is 4.42 Å². The van der Waals surface area contributed by atoms with Gasteiger partial charge >= 0.3 is 0 Å². The molecule has 0 N–H and O–H groups in total. The van der Waals surface area contributed by atoms with Crippen LogP contribution in [0.4, 0.5) is 17.1 Å². The predicted octanol–water partition coefficient (Wildman–Crippen LogP) is 13.3. The molecule has 0 atom stereocenters. The molecular formula is C46H29NO. The zero-order chi connectivity index (χ0) is 31.6. The average Bonchev–Trinajstić information content (AvgIpc) is 3.53. The van der Waals surface area contributed by atoms with E-state index < -0.39 is 0 Å². The number of fused-ring (bicyclic) bond motifs is 10. The number of nitrogens with zero attached hydrogens (tertiary/aromatic N) is 1. The molecule has 0 saturated heterocycles. The Morgan fingerprint density at radius 3 is 1.56 bits per heavy atom. The zero-order valence-corrected chi connectivity index (χ0v) is 26.1. The SMILES string of the molecule is c1ccc(N(c2ccccc2)c2cccc3oc4c(-c5ccc6c7ccccc7c7ccccc7c6c5)c5ccccc5cc4c23)cc1. The highest BCUT2D eigenvalue weighted by molar-refractivity contribution is 6.27. The molecular weight excluding hydrogens is 583 g/mol. The molecule has 0 spiro atoms. The Bertz CT molecular complexity index is 2760. The maximum absolute atomic E-state index is 6.95. The highest BCUT2D eigenvalue weighted by atomic mass is 16.3. The number of rotatable bonds is 4. The van der Waals surface area contributed by atoms with Gasteiger partial charge in [0.2, 0.25) is 0 Å². The van der Waals surface area contributed by atoms with Gasteiger partial charge in [0.15, 0.2) is 0 Å². The van der Waals surface area contributed by atoms with Crippen molar-refractivity contribution >= 4 is 82.1 Å². The van der Waals surface area contributed by atoms with Crippen LogP contribution in [0, 0.1) is 0 Å². The van der Waals surface area contributed by atoms with E-state index in [1.54, 1.807) is 0 Å². The first-order valence-corrected chi connectivity index (χ1v) is 16.4. The Hall–Kier alpha value is -6.38. The topological polar surface area (TPSA) is 16.4 Å². The van der Waals surface area contributed by atoms with E-state index in [1.807, 2.05) is 0 Å². The number of hydrogen-bond acceptors (Lipinski definition) is 2. The van der Waals surface area contributed by atoms with Crippen LogP contribution < -0.4 is 4.90 Å². The fraction of sp³-hybridized carbons (Fsp3) is 0. The van der Waals surface area contributed by atoms with Gasteiger partial charge < -0.3 is 9.32 Å². The summed E-state index contributed by atoms with van der Waals surface area (Å²) < 4.78 is 6.95. The van der Waals surface area contributed by atoms with Crippen LogP contribution in [-0.4, -0.2) is 0 Å².